The van der Waals surface area contributed by atoms with Gasteiger partial charge in [0.25, 0.3) is 0 Å². The van der Waals surface area contributed by atoms with Crippen LogP contribution in [0.4, 0.5) is 0 Å². The van der Waals surface area contributed by atoms with Gasteiger partial charge < -0.3 is 14.8 Å². The van der Waals surface area contributed by atoms with Gasteiger partial charge in [-0.25, -0.2) is 0 Å². The molecular weight excluding hydrogens is 238 g/mol. The molecule has 106 valence electrons. The Kier molecular flexibility index (Phi) is 5.52. The summed E-state index contributed by atoms with van der Waals surface area (Å²) < 4.78 is 11.5. The molecule has 2 rings (SSSR count). The van der Waals surface area contributed by atoms with Crippen molar-refractivity contribution in [1.29, 1.82) is 0 Å². The number of rotatable bonds is 7. The SMILES string of the molecule is CCCCC(NCCC)c1cccc2c1OCCO2. The maximum atomic E-state index is 5.83. The molecule has 0 bridgehead atoms. The lowest BCUT2D eigenvalue weighted by Gasteiger charge is -2.26. The van der Waals surface area contributed by atoms with Crippen molar-refractivity contribution in [2.45, 2.75) is 45.6 Å². The molecule has 0 saturated heterocycles. The van der Waals surface area contributed by atoms with Crippen molar-refractivity contribution in [3.05, 3.63) is 23.8 Å². The van der Waals surface area contributed by atoms with Crippen LogP contribution >= 0.6 is 0 Å². The van der Waals surface area contributed by atoms with Gasteiger partial charge >= 0.3 is 0 Å². The maximum Gasteiger partial charge on any atom is 0.166 e. The first-order chi connectivity index (χ1) is 9.36. The third kappa shape index (κ3) is 3.63. The summed E-state index contributed by atoms with van der Waals surface area (Å²) in [6.07, 6.45) is 4.74. The normalized spacial score (nSPS) is 15.3. The van der Waals surface area contributed by atoms with Crippen molar-refractivity contribution in [1.82, 2.24) is 5.32 Å². The molecule has 0 fully saturated rings. The fourth-order valence-electron chi connectivity index (χ4n) is 2.47. The van der Waals surface area contributed by atoms with Crippen LogP contribution in [-0.4, -0.2) is 19.8 Å². The molecule has 1 aromatic rings. The van der Waals surface area contributed by atoms with Crippen molar-refractivity contribution < 1.29 is 9.47 Å². The van der Waals surface area contributed by atoms with E-state index in [1.165, 1.54) is 18.4 Å². The van der Waals surface area contributed by atoms with Gasteiger partial charge in [0.2, 0.25) is 0 Å². The Morgan fingerprint density at radius 2 is 2.00 bits per heavy atom. The number of ether oxygens (including phenoxy) is 2. The molecule has 1 atom stereocenters. The Morgan fingerprint density at radius 3 is 2.79 bits per heavy atom. The lowest BCUT2D eigenvalue weighted by Crippen LogP contribution is -2.24. The first kappa shape index (κ1) is 14.2. The molecule has 0 saturated carbocycles. The number of para-hydroxylation sites is 1. The summed E-state index contributed by atoms with van der Waals surface area (Å²) in [7, 11) is 0. The Hall–Kier alpha value is -1.22. The summed E-state index contributed by atoms with van der Waals surface area (Å²) in [5, 5.41) is 3.64. The Balaban J connectivity index is 2.19. The zero-order valence-corrected chi connectivity index (χ0v) is 12.1. The molecule has 1 unspecified atom stereocenters. The van der Waals surface area contributed by atoms with Gasteiger partial charge in [0.1, 0.15) is 13.2 Å². The van der Waals surface area contributed by atoms with Crippen LogP contribution in [0.5, 0.6) is 11.5 Å². The molecule has 0 amide bonds. The highest BCUT2D eigenvalue weighted by atomic mass is 16.6. The Labute approximate surface area is 116 Å². The summed E-state index contributed by atoms with van der Waals surface area (Å²) in [5.74, 6) is 1.84. The molecule has 1 aromatic carbocycles. The Morgan fingerprint density at radius 1 is 1.16 bits per heavy atom. The Bertz CT molecular complexity index is 384. The third-order valence-corrected chi connectivity index (χ3v) is 3.46. The lowest BCUT2D eigenvalue weighted by atomic mass is 9.99. The first-order valence-corrected chi connectivity index (χ1v) is 7.48. The summed E-state index contributed by atoms with van der Waals surface area (Å²) in [6.45, 7) is 6.77. The van der Waals surface area contributed by atoms with Gasteiger partial charge in [-0.1, -0.05) is 38.8 Å². The third-order valence-electron chi connectivity index (χ3n) is 3.46. The minimum atomic E-state index is 0.372. The summed E-state index contributed by atoms with van der Waals surface area (Å²) in [4.78, 5) is 0. The number of unbranched alkanes of at least 4 members (excludes halogenated alkanes) is 1. The second kappa shape index (κ2) is 7.39. The highest BCUT2D eigenvalue weighted by molar-refractivity contribution is 5.48. The van der Waals surface area contributed by atoms with Crippen molar-refractivity contribution in [2.75, 3.05) is 19.8 Å². The van der Waals surface area contributed by atoms with Crippen LogP contribution in [0.2, 0.25) is 0 Å². The van der Waals surface area contributed by atoms with E-state index in [0.717, 1.165) is 30.9 Å². The standard InChI is InChI=1S/C16H25NO2/c1-3-5-8-14(17-10-4-2)13-7-6-9-15-16(13)19-12-11-18-15/h6-7,9,14,17H,3-5,8,10-12H2,1-2H3. The van der Waals surface area contributed by atoms with E-state index in [1.54, 1.807) is 0 Å². The van der Waals surface area contributed by atoms with Crippen LogP contribution in [0.15, 0.2) is 18.2 Å². The summed E-state index contributed by atoms with van der Waals surface area (Å²) in [6, 6.07) is 6.59. The van der Waals surface area contributed by atoms with Crippen molar-refractivity contribution >= 4 is 0 Å². The number of hydrogen-bond donors (Lipinski definition) is 1. The number of hydrogen-bond acceptors (Lipinski definition) is 3. The zero-order chi connectivity index (χ0) is 13.5. The van der Waals surface area contributed by atoms with E-state index in [0.29, 0.717) is 19.3 Å². The fraction of sp³-hybridized carbons (Fsp3) is 0.625. The second-order valence-electron chi connectivity index (χ2n) is 5.02. The predicted octanol–water partition coefficient (Wildman–Crippen LogP) is 3.69. The molecule has 1 aliphatic rings. The van der Waals surface area contributed by atoms with Crippen LogP contribution in [0, 0.1) is 0 Å². The van der Waals surface area contributed by atoms with E-state index in [-0.39, 0.29) is 0 Å². The van der Waals surface area contributed by atoms with E-state index >= 15 is 0 Å². The topological polar surface area (TPSA) is 30.5 Å². The average molecular weight is 263 g/mol. The van der Waals surface area contributed by atoms with Crippen LogP contribution in [0.25, 0.3) is 0 Å². The molecule has 0 aliphatic carbocycles. The van der Waals surface area contributed by atoms with Gasteiger partial charge in [0.05, 0.1) is 0 Å². The molecule has 1 N–H and O–H groups in total. The highest BCUT2D eigenvalue weighted by Gasteiger charge is 2.21. The molecule has 0 aromatic heterocycles. The largest absolute Gasteiger partial charge is 0.486 e. The maximum absolute atomic E-state index is 5.83. The minimum absolute atomic E-state index is 0.372. The van der Waals surface area contributed by atoms with Gasteiger partial charge in [0.15, 0.2) is 11.5 Å². The van der Waals surface area contributed by atoms with Gasteiger partial charge in [0, 0.05) is 11.6 Å². The molecule has 0 radical (unpaired) electrons. The molecule has 0 spiro atoms. The fourth-order valence-corrected chi connectivity index (χ4v) is 2.47. The number of benzene rings is 1. The second-order valence-corrected chi connectivity index (χ2v) is 5.02. The summed E-state index contributed by atoms with van der Waals surface area (Å²) >= 11 is 0. The van der Waals surface area contributed by atoms with Crippen LogP contribution in [0.3, 0.4) is 0 Å². The quantitative estimate of drug-likeness (QED) is 0.814. The molecule has 1 heterocycles. The van der Waals surface area contributed by atoms with Crippen LogP contribution in [-0.2, 0) is 0 Å². The van der Waals surface area contributed by atoms with E-state index in [4.69, 9.17) is 9.47 Å². The van der Waals surface area contributed by atoms with E-state index in [1.807, 2.05) is 6.07 Å². The van der Waals surface area contributed by atoms with E-state index < -0.39 is 0 Å². The van der Waals surface area contributed by atoms with Crippen LogP contribution < -0.4 is 14.8 Å². The van der Waals surface area contributed by atoms with Crippen molar-refractivity contribution in [3.63, 3.8) is 0 Å². The van der Waals surface area contributed by atoms with E-state index in [9.17, 15) is 0 Å². The first-order valence-electron chi connectivity index (χ1n) is 7.48. The molecule has 3 heteroatoms. The molecular formula is C16H25NO2. The minimum Gasteiger partial charge on any atom is -0.486 e. The number of nitrogens with one attached hydrogen (secondary N) is 1. The van der Waals surface area contributed by atoms with Gasteiger partial charge in [-0.3, -0.25) is 0 Å². The zero-order valence-electron chi connectivity index (χ0n) is 12.1. The molecule has 1 aliphatic heterocycles. The van der Waals surface area contributed by atoms with Crippen molar-refractivity contribution in [2.24, 2.45) is 0 Å². The molecule has 3 nitrogen and oxygen atoms in total. The van der Waals surface area contributed by atoms with Gasteiger partial charge in [-0.15, -0.1) is 0 Å². The highest BCUT2D eigenvalue weighted by Crippen LogP contribution is 2.38. The van der Waals surface area contributed by atoms with Gasteiger partial charge in [-0.2, -0.15) is 0 Å². The monoisotopic (exact) mass is 263 g/mol. The predicted molar refractivity (Wildman–Crippen MR) is 78.0 cm³/mol. The van der Waals surface area contributed by atoms with Crippen molar-refractivity contribution in [3.8, 4) is 11.5 Å². The lowest BCUT2D eigenvalue weighted by molar-refractivity contribution is 0.168. The van der Waals surface area contributed by atoms with E-state index in [2.05, 4.69) is 31.3 Å². The smallest absolute Gasteiger partial charge is 0.166 e. The average Bonchev–Trinajstić information content (AvgIpc) is 2.47. The van der Waals surface area contributed by atoms with Gasteiger partial charge in [-0.05, 0) is 25.5 Å². The molecule has 19 heavy (non-hydrogen) atoms. The summed E-state index contributed by atoms with van der Waals surface area (Å²) in [5.41, 5.74) is 1.25. The number of fused-ring (bicyclic) bond motifs is 1. The van der Waals surface area contributed by atoms with Crippen LogP contribution in [0.1, 0.15) is 51.1 Å².